The standard InChI is InChI=1S/C13H24N2O3/c1-4-12(16)9-18-10-13(17)15-7-5-14(6-8-15)11(2)3/h11H,4-10H2,1-3H3. The molecule has 0 aromatic carbocycles. The van der Waals surface area contributed by atoms with E-state index in [2.05, 4.69) is 18.7 Å². The van der Waals surface area contributed by atoms with Gasteiger partial charge in [-0.15, -0.1) is 0 Å². The molecule has 0 N–H and O–H groups in total. The molecule has 1 heterocycles. The number of rotatable bonds is 6. The number of Topliss-reactive ketones (excluding diaryl/α,β-unsaturated/α-hetero) is 1. The van der Waals surface area contributed by atoms with E-state index in [0.29, 0.717) is 12.5 Å². The van der Waals surface area contributed by atoms with Crippen molar-refractivity contribution in [3.05, 3.63) is 0 Å². The zero-order valence-corrected chi connectivity index (χ0v) is 11.6. The van der Waals surface area contributed by atoms with Gasteiger partial charge >= 0.3 is 0 Å². The van der Waals surface area contributed by atoms with Gasteiger partial charge in [-0.2, -0.15) is 0 Å². The molecule has 1 aliphatic heterocycles. The van der Waals surface area contributed by atoms with Gasteiger partial charge in [0.25, 0.3) is 0 Å². The van der Waals surface area contributed by atoms with Crippen molar-refractivity contribution in [3.63, 3.8) is 0 Å². The smallest absolute Gasteiger partial charge is 0.248 e. The van der Waals surface area contributed by atoms with E-state index in [1.54, 1.807) is 6.92 Å². The Kier molecular flexibility index (Phi) is 6.29. The third-order valence-electron chi connectivity index (χ3n) is 3.28. The fourth-order valence-corrected chi connectivity index (χ4v) is 1.93. The van der Waals surface area contributed by atoms with Crippen LogP contribution in [0.4, 0.5) is 0 Å². The number of piperazine rings is 1. The monoisotopic (exact) mass is 256 g/mol. The SMILES string of the molecule is CCC(=O)COCC(=O)N1CCN(C(C)C)CC1. The lowest BCUT2D eigenvalue weighted by atomic mass is 10.2. The molecule has 1 aliphatic rings. The number of carbonyl (C=O) groups excluding carboxylic acids is 2. The molecule has 0 aromatic heterocycles. The average molecular weight is 256 g/mol. The minimum absolute atomic E-state index is 0.0118. The summed E-state index contributed by atoms with van der Waals surface area (Å²) in [6.45, 7) is 9.52. The van der Waals surface area contributed by atoms with Crippen molar-refractivity contribution in [3.8, 4) is 0 Å². The average Bonchev–Trinajstić information content (AvgIpc) is 2.38. The van der Waals surface area contributed by atoms with E-state index in [9.17, 15) is 9.59 Å². The molecule has 5 heteroatoms. The van der Waals surface area contributed by atoms with E-state index in [1.165, 1.54) is 0 Å². The van der Waals surface area contributed by atoms with Gasteiger partial charge in [-0.3, -0.25) is 14.5 Å². The highest BCUT2D eigenvalue weighted by Gasteiger charge is 2.22. The lowest BCUT2D eigenvalue weighted by Crippen LogP contribution is -2.51. The second-order valence-corrected chi connectivity index (χ2v) is 4.90. The second kappa shape index (κ2) is 7.48. The molecular weight excluding hydrogens is 232 g/mol. The first-order valence-corrected chi connectivity index (χ1v) is 6.65. The summed E-state index contributed by atoms with van der Waals surface area (Å²) in [5.74, 6) is 0.0229. The maximum absolute atomic E-state index is 11.8. The first kappa shape index (κ1) is 15.1. The maximum Gasteiger partial charge on any atom is 0.248 e. The lowest BCUT2D eigenvalue weighted by Gasteiger charge is -2.36. The van der Waals surface area contributed by atoms with Crippen LogP contribution in [0.1, 0.15) is 27.2 Å². The molecule has 0 bridgehead atoms. The van der Waals surface area contributed by atoms with Crippen LogP contribution in [0.3, 0.4) is 0 Å². The van der Waals surface area contributed by atoms with Gasteiger partial charge in [-0.1, -0.05) is 6.92 Å². The van der Waals surface area contributed by atoms with Gasteiger partial charge in [0.05, 0.1) is 0 Å². The Balaban J connectivity index is 2.22. The minimum atomic E-state index is -0.0118. The van der Waals surface area contributed by atoms with Crippen LogP contribution in [0.2, 0.25) is 0 Å². The summed E-state index contributed by atoms with van der Waals surface area (Å²) in [5, 5.41) is 0. The zero-order valence-electron chi connectivity index (χ0n) is 11.6. The van der Waals surface area contributed by atoms with Crippen LogP contribution < -0.4 is 0 Å². The van der Waals surface area contributed by atoms with Crippen LogP contribution >= 0.6 is 0 Å². The Bertz CT molecular complexity index is 284. The van der Waals surface area contributed by atoms with Crippen LogP contribution in [0.5, 0.6) is 0 Å². The molecule has 1 amide bonds. The van der Waals surface area contributed by atoms with Gasteiger partial charge in [0.15, 0.2) is 5.78 Å². The molecule has 0 atom stereocenters. The normalized spacial score (nSPS) is 17.2. The highest BCUT2D eigenvalue weighted by atomic mass is 16.5. The van der Waals surface area contributed by atoms with Crippen molar-refractivity contribution in [2.75, 3.05) is 39.4 Å². The van der Waals surface area contributed by atoms with Crippen molar-refractivity contribution in [1.29, 1.82) is 0 Å². The highest BCUT2D eigenvalue weighted by molar-refractivity contribution is 5.80. The molecule has 104 valence electrons. The predicted octanol–water partition coefficient (Wildman–Crippen LogP) is 0.535. The lowest BCUT2D eigenvalue weighted by molar-refractivity contribution is -0.139. The van der Waals surface area contributed by atoms with Gasteiger partial charge in [0, 0.05) is 38.6 Å². The summed E-state index contributed by atoms with van der Waals surface area (Å²) in [4.78, 5) is 27.0. The predicted molar refractivity (Wildman–Crippen MR) is 69.4 cm³/mol. The Morgan fingerprint density at radius 1 is 1.11 bits per heavy atom. The van der Waals surface area contributed by atoms with Gasteiger partial charge < -0.3 is 9.64 Å². The van der Waals surface area contributed by atoms with Gasteiger partial charge in [-0.05, 0) is 13.8 Å². The number of nitrogens with zero attached hydrogens (tertiary/aromatic N) is 2. The molecular formula is C13H24N2O3. The van der Waals surface area contributed by atoms with Crippen molar-refractivity contribution in [2.45, 2.75) is 33.2 Å². The third-order valence-corrected chi connectivity index (χ3v) is 3.28. The summed E-state index contributed by atoms with van der Waals surface area (Å²) in [6, 6.07) is 0.528. The Morgan fingerprint density at radius 2 is 1.72 bits per heavy atom. The van der Waals surface area contributed by atoms with Crippen LogP contribution in [-0.2, 0) is 14.3 Å². The Hall–Kier alpha value is -0.940. The molecule has 5 nitrogen and oxygen atoms in total. The molecule has 0 aromatic rings. The molecule has 0 saturated carbocycles. The van der Waals surface area contributed by atoms with Crippen molar-refractivity contribution in [2.24, 2.45) is 0 Å². The first-order chi connectivity index (χ1) is 8.54. The number of ketones is 1. The van der Waals surface area contributed by atoms with Crippen molar-refractivity contribution >= 4 is 11.7 Å². The van der Waals surface area contributed by atoms with Crippen molar-refractivity contribution < 1.29 is 14.3 Å². The molecule has 0 unspecified atom stereocenters. The van der Waals surface area contributed by atoms with Crippen LogP contribution in [0, 0.1) is 0 Å². The molecule has 0 aliphatic carbocycles. The largest absolute Gasteiger partial charge is 0.364 e. The number of hydrogen-bond donors (Lipinski definition) is 0. The fraction of sp³-hybridized carbons (Fsp3) is 0.846. The minimum Gasteiger partial charge on any atom is -0.364 e. The number of carbonyl (C=O) groups is 2. The van der Waals surface area contributed by atoms with Gasteiger partial charge in [0.2, 0.25) is 5.91 Å². The summed E-state index contributed by atoms with van der Waals surface area (Å²) in [5.41, 5.74) is 0. The molecule has 0 spiro atoms. The summed E-state index contributed by atoms with van der Waals surface area (Å²) in [6.07, 6.45) is 0.460. The van der Waals surface area contributed by atoms with E-state index >= 15 is 0 Å². The topological polar surface area (TPSA) is 49.9 Å². The Morgan fingerprint density at radius 3 is 2.22 bits per heavy atom. The molecule has 1 saturated heterocycles. The van der Waals surface area contributed by atoms with Gasteiger partial charge in [0.1, 0.15) is 13.2 Å². The van der Waals surface area contributed by atoms with E-state index in [-0.39, 0.29) is 24.9 Å². The summed E-state index contributed by atoms with van der Waals surface area (Å²) >= 11 is 0. The van der Waals surface area contributed by atoms with Crippen LogP contribution in [-0.4, -0.2) is 66.9 Å². The zero-order chi connectivity index (χ0) is 13.5. The van der Waals surface area contributed by atoms with Gasteiger partial charge in [-0.25, -0.2) is 0 Å². The van der Waals surface area contributed by atoms with E-state index in [0.717, 1.165) is 26.2 Å². The van der Waals surface area contributed by atoms with Crippen molar-refractivity contribution in [1.82, 2.24) is 9.80 Å². The van der Waals surface area contributed by atoms with Crippen LogP contribution in [0.15, 0.2) is 0 Å². The maximum atomic E-state index is 11.8. The second-order valence-electron chi connectivity index (χ2n) is 4.90. The third kappa shape index (κ3) is 4.74. The highest BCUT2D eigenvalue weighted by Crippen LogP contribution is 2.06. The van der Waals surface area contributed by atoms with Crippen LogP contribution in [0.25, 0.3) is 0 Å². The van der Waals surface area contributed by atoms with E-state index in [1.807, 2.05) is 4.90 Å². The molecule has 1 rings (SSSR count). The molecule has 1 fully saturated rings. The van der Waals surface area contributed by atoms with E-state index < -0.39 is 0 Å². The van der Waals surface area contributed by atoms with E-state index in [4.69, 9.17) is 4.74 Å². The summed E-state index contributed by atoms with van der Waals surface area (Å²) in [7, 11) is 0. The first-order valence-electron chi connectivity index (χ1n) is 6.65. The fourth-order valence-electron chi connectivity index (χ4n) is 1.93. The number of ether oxygens (including phenoxy) is 1. The Labute approximate surface area is 109 Å². The molecule has 0 radical (unpaired) electrons. The summed E-state index contributed by atoms with van der Waals surface area (Å²) < 4.78 is 5.12. The quantitative estimate of drug-likeness (QED) is 0.696. The number of amides is 1. The molecule has 18 heavy (non-hydrogen) atoms. The number of hydrogen-bond acceptors (Lipinski definition) is 4.